The molecule has 1 saturated carbocycles. The molecular formula is C22H35N3O2. The van der Waals surface area contributed by atoms with Gasteiger partial charge in [-0.15, -0.1) is 5.06 Å². The van der Waals surface area contributed by atoms with E-state index in [1.165, 1.54) is 30.4 Å². The largest absolute Gasteiger partial charge is 0.367 e. The van der Waals surface area contributed by atoms with Crippen LogP contribution >= 0.6 is 0 Å². The molecule has 0 spiro atoms. The molecule has 3 rings (SSSR count). The molecule has 27 heavy (non-hydrogen) atoms. The minimum Gasteiger partial charge on any atom is -0.367 e. The Labute approximate surface area is 163 Å². The molecular weight excluding hydrogens is 338 g/mol. The molecule has 0 bridgehead atoms. The highest BCUT2D eigenvalue weighted by Gasteiger charge is 2.33. The minimum atomic E-state index is -0.465. The van der Waals surface area contributed by atoms with Crippen LogP contribution in [0.3, 0.4) is 0 Å². The second kappa shape index (κ2) is 8.29. The molecule has 0 amide bonds. The van der Waals surface area contributed by atoms with Gasteiger partial charge in [0.05, 0.1) is 5.41 Å². The summed E-state index contributed by atoms with van der Waals surface area (Å²) in [4.78, 5) is 20.3. The lowest BCUT2D eigenvalue weighted by atomic mass is 9.96. The van der Waals surface area contributed by atoms with Gasteiger partial charge >= 0.3 is 5.97 Å². The first-order chi connectivity index (χ1) is 12.7. The van der Waals surface area contributed by atoms with Gasteiger partial charge in [-0.3, -0.25) is 4.90 Å². The highest BCUT2D eigenvalue weighted by atomic mass is 16.7. The zero-order chi connectivity index (χ0) is 19.6. The van der Waals surface area contributed by atoms with Gasteiger partial charge in [0.15, 0.2) is 0 Å². The molecule has 2 aliphatic rings. The van der Waals surface area contributed by atoms with Crippen LogP contribution in [0.4, 0.5) is 0 Å². The third-order valence-corrected chi connectivity index (χ3v) is 5.64. The van der Waals surface area contributed by atoms with Crippen LogP contribution in [0, 0.1) is 11.3 Å². The van der Waals surface area contributed by atoms with E-state index >= 15 is 0 Å². The SMILES string of the molecule is C[C@H](N)c1ccc(C(CC2CC2)N2CCN(OC(=O)C(C)(C)C)CC2)cc1. The maximum absolute atomic E-state index is 12.1. The van der Waals surface area contributed by atoms with Crippen LogP contribution in [0.25, 0.3) is 0 Å². The summed E-state index contributed by atoms with van der Waals surface area (Å²) in [6.07, 6.45) is 3.94. The van der Waals surface area contributed by atoms with Crippen molar-refractivity contribution in [2.45, 2.75) is 59.0 Å². The second-order valence-corrected chi connectivity index (χ2v) is 9.24. The Morgan fingerprint density at radius 1 is 1.11 bits per heavy atom. The summed E-state index contributed by atoms with van der Waals surface area (Å²) in [7, 11) is 0. The summed E-state index contributed by atoms with van der Waals surface area (Å²) in [5.41, 5.74) is 8.10. The normalized spacial score (nSPS) is 21.7. The number of carbonyl (C=O) groups is 1. The molecule has 1 aliphatic heterocycles. The Morgan fingerprint density at radius 2 is 1.67 bits per heavy atom. The summed E-state index contributed by atoms with van der Waals surface area (Å²) in [6, 6.07) is 9.35. The number of carbonyl (C=O) groups excluding carboxylic acids is 1. The number of hydrogen-bond donors (Lipinski definition) is 1. The van der Waals surface area contributed by atoms with Crippen molar-refractivity contribution in [3.05, 3.63) is 35.4 Å². The van der Waals surface area contributed by atoms with Crippen molar-refractivity contribution in [1.29, 1.82) is 0 Å². The van der Waals surface area contributed by atoms with Gasteiger partial charge in [0.2, 0.25) is 0 Å². The lowest BCUT2D eigenvalue weighted by Gasteiger charge is -2.39. The first kappa shape index (κ1) is 20.3. The Morgan fingerprint density at radius 3 is 2.15 bits per heavy atom. The fourth-order valence-electron chi connectivity index (χ4n) is 3.55. The molecule has 2 N–H and O–H groups in total. The third kappa shape index (κ3) is 5.53. The van der Waals surface area contributed by atoms with Crippen molar-refractivity contribution in [2.24, 2.45) is 17.1 Å². The maximum atomic E-state index is 12.1. The molecule has 1 aromatic carbocycles. The monoisotopic (exact) mass is 373 g/mol. The van der Waals surface area contributed by atoms with Crippen LogP contribution in [0.1, 0.15) is 70.2 Å². The number of nitrogens with zero attached hydrogens (tertiary/aromatic N) is 2. The predicted molar refractivity (Wildman–Crippen MR) is 108 cm³/mol. The number of hydroxylamine groups is 2. The van der Waals surface area contributed by atoms with Crippen LogP contribution in [0.2, 0.25) is 0 Å². The minimum absolute atomic E-state index is 0.0713. The summed E-state index contributed by atoms with van der Waals surface area (Å²) in [5, 5.41) is 1.83. The zero-order valence-corrected chi connectivity index (χ0v) is 17.3. The van der Waals surface area contributed by atoms with Crippen molar-refractivity contribution in [1.82, 2.24) is 9.96 Å². The van der Waals surface area contributed by atoms with Crippen LogP contribution in [0.5, 0.6) is 0 Å². The summed E-state index contributed by atoms with van der Waals surface area (Å²) < 4.78 is 0. The van der Waals surface area contributed by atoms with E-state index in [0.29, 0.717) is 6.04 Å². The van der Waals surface area contributed by atoms with Crippen LogP contribution in [0.15, 0.2) is 24.3 Å². The number of benzene rings is 1. The summed E-state index contributed by atoms with van der Waals surface area (Å²) in [5.74, 6) is 0.705. The third-order valence-electron chi connectivity index (χ3n) is 5.64. The molecule has 1 aromatic rings. The second-order valence-electron chi connectivity index (χ2n) is 9.24. The smallest absolute Gasteiger partial charge is 0.330 e. The molecule has 150 valence electrons. The molecule has 1 aliphatic carbocycles. The van der Waals surface area contributed by atoms with Crippen LogP contribution < -0.4 is 5.73 Å². The van der Waals surface area contributed by atoms with E-state index in [0.717, 1.165) is 32.1 Å². The predicted octanol–water partition coefficient (Wildman–Crippen LogP) is 3.67. The van der Waals surface area contributed by atoms with Crippen molar-refractivity contribution in [3.63, 3.8) is 0 Å². The van der Waals surface area contributed by atoms with Crippen LogP contribution in [-0.2, 0) is 9.63 Å². The number of piperazine rings is 1. The Kier molecular flexibility index (Phi) is 6.24. The van der Waals surface area contributed by atoms with E-state index in [1.807, 2.05) is 32.8 Å². The molecule has 5 nitrogen and oxygen atoms in total. The molecule has 2 atom stereocenters. The number of hydrogen-bond acceptors (Lipinski definition) is 5. The van der Waals surface area contributed by atoms with E-state index in [9.17, 15) is 4.79 Å². The van der Waals surface area contributed by atoms with E-state index in [2.05, 4.69) is 29.2 Å². The van der Waals surface area contributed by atoms with Crippen molar-refractivity contribution in [3.8, 4) is 0 Å². The number of rotatable bonds is 6. The Balaban J connectivity index is 1.62. The summed E-state index contributed by atoms with van der Waals surface area (Å²) >= 11 is 0. The topological polar surface area (TPSA) is 58.8 Å². The fraction of sp³-hybridized carbons (Fsp3) is 0.682. The van der Waals surface area contributed by atoms with Gasteiger partial charge in [-0.25, -0.2) is 4.79 Å². The van der Waals surface area contributed by atoms with Gasteiger partial charge < -0.3 is 10.6 Å². The van der Waals surface area contributed by atoms with Gasteiger partial charge in [-0.1, -0.05) is 37.1 Å². The molecule has 5 heteroatoms. The molecule has 0 aromatic heterocycles. The maximum Gasteiger partial charge on any atom is 0.330 e. The van der Waals surface area contributed by atoms with E-state index < -0.39 is 5.41 Å². The lowest BCUT2D eigenvalue weighted by molar-refractivity contribution is -0.208. The van der Waals surface area contributed by atoms with E-state index in [1.54, 1.807) is 0 Å². The van der Waals surface area contributed by atoms with Gasteiger partial charge in [0, 0.05) is 38.3 Å². The average Bonchev–Trinajstić information content (AvgIpc) is 3.44. The summed E-state index contributed by atoms with van der Waals surface area (Å²) in [6.45, 7) is 11.1. The average molecular weight is 374 g/mol. The zero-order valence-electron chi connectivity index (χ0n) is 17.3. The van der Waals surface area contributed by atoms with E-state index in [4.69, 9.17) is 10.6 Å². The standard InChI is InChI=1S/C22H35N3O2/c1-16(23)18-7-9-19(10-8-18)20(15-17-5-6-17)24-11-13-25(14-12-24)27-21(26)22(2,3)4/h7-10,16-17,20H,5-6,11-15,23H2,1-4H3/t16-,20?/m0/s1. The number of nitrogens with two attached hydrogens (primary N) is 1. The quantitative estimate of drug-likeness (QED) is 0.824. The fourth-order valence-corrected chi connectivity index (χ4v) is 3.55. The Hall–Kier alpha value is -1.43. The Bertz CT molecular complexity index is 624. The van der Waals surface area contributed by atoms with Crippen molar-refractivity contribution >= 4 is 5.97 Å². The molecule has 2 fully saturated rings. The van der Waals surface area contributed by atoms with Gasteiger partial charge in [0.1, 0.15) is 0 Å². The van der Waals surface area contributed by atoms with Gasteiger partial charge in [-0.2, -0.15) is 0 Å². The van der Waals surface area contributed by atoms with Crippen molar-refractivity contribution < 1.29 is 9.63 Å². The van der Waals surface area contributed by atoms with E-state index in [-0.39, 0.29) is 12.0 Å². The highest BCUT2D eigenvalue weighted by Crippen LogP contribution is 2.40. The molecule has 1 unspecified atom stereocenters. The van der Waals surface area contributed by atoms with Gasteiger partial charge in [0.25, 0.3) is 0 Å². The highest BCUT2D eigenvalue weighted by molar-refractivity contribution is 5.75. The lowest BCUT2D eigenvalue weighted by Crippen LogP contribution is -2.49. The van der Waals surface area contributed by atoms with Crippen molar-refractivity contribution in [2.75, 3.05) is 26.2 Å². The molecule has 0 radical (unpaired) electrons. The first-order valence-corrected chi connectivity index (χ1v) is 10.3. The van der Waals surface area contributed by atoms with Gasteiger partial charge in [-0.05, 0) is 51.2 Å². The molecule has 1 heterocycles. The van der Waals surface area contributed by atoms with Crippen LogP contribution in [-0.4, -0.2) is 42.1 Å². The first-order valence-electron chi connectivity index (χ1n) is 10.3. The molecule has 1 saturated heterocycles.